The van der Waals surface area contributed by atoms with Gasteiger partial charge in [0, 0.05) is 49.3 Å². The summed E-state index contributed by atoms with van der Waals surface area (Å²) in [5.74, 6) is 8.44. The number of nitrogens with zero attached hydrogens (tertiary/aromatic N) is 4. The van der Waals surface area contributed by atoms with Crippen LogP contribution in [0.3, 0.4) is 0 Å². The lowest BCUT2D eigenvalue weighted by Crippen LogP contribution is -2.58. The summed E-state index contributed by atoms with van der Waals surface area (Å²) in [4.78, 5) is 56.0. The van der Waals surface area contributed by atoms with Crippen LogP contribution >= 0.6 is 11.3 Å². The van der Waals surface area contributed by atoms with Crippen molar-refractivity contribution in [3.63, 3.8) is 0 Å². The predicted octanol–water partition coefficient (Wildman–Crippen LogP) is 5.04. The number of amides is 3. The van der Waals surface area contributed by atoms with E-state index in [1.807, 2.05) is 81.7 Å². The molecule has 5 aromatic rings. The van der Waals surface area contributed by atoms with E-state index in [9.17, 15) is 19.5 Å². The highest BCUT2D eigenvalue weighted by Crippen LogP contribution is 2.35. The van der Waals surface area contributed by atoms with Gasteiger partial charge in [0.1, 0.15) is 57.3 Å². The van der Waals surface area contributed by atoms with E-state index in [1.165, 1.54) is 11.2 Å². The lowest BCUT2D eigenvalue weighted by Gasteiger charge is -2.35. The quantitative estimate of drug-likeness (QED) is 0.0600. The second-order valence-corrected chi connectivity index (χ2v) is 17.3. The molecular formula is C49H55N7O9S. The molecule has 0 spiro atoms. The van der Waals surface area contributed by atoms with Crippen molar-refractivity contribution in [3.05, 3.63) is 89.3 Å². The number of hydrogen-bond acceptors (Lipinski definition) is 14. The number of rotatable bonds is 20. The van der Waals surface area contributed by atoms with Crippen molar-refractivity contribution in [2.75, 3.05) is 65.2 Å². The van der Waals surface area contributed by atoms with Gasteiger partial charge in [-0.15, -0.1) is 17.8 Å². The highest BCUT2D eigenvalue weighted by molar-refractivity contribution is 7.13. The number of aromatic nitrogens is 3. The maximum atomic E-state index is 14.0. The van der Waals surface area contributed by atoms with Crippen molar-refractivity contribution in [3.8, 4) is 46.1 Å². The molecule has 346 valence electrons. The van der Waals surface area contributed by atoms with E-state index < -0.39 is 35.4 Å². The molecule has 1 saturated heterocycles. The summed E-state index contributed by atoms with van der Waals surface area (Å²) in [6, 6.07) is 17.0. The van der Waals surface area contributed by atoms with E-state index in [-0.39, 0.29) is 58.5 Å². The first kappa shape index (κ1) is 48.8. The van der Waals surface area contributed by atoms with Crippen LogP contribution in [0.2, 0.25) is 0 Å². The number of aliphatic hydroxyl groups excluding tert-OH is 1. The number of likely N-dealkylation sites (tertiary alicyclic amines) is 1. The van der Waals surface area contributed by atoms with E-state index >= 15 is 0 Å². The molecule has 3 aromatic carbocycles. The molecule has 0 radical (unpaired) electrons. The molecule has 3 amide bonds. The van der Waals surface area contributed by atoms with E-state index in [0.29, 0.717) is 41.4 Å². The Bertz CT molecular complexity index is 2560. The standard InChI is InChI=1S/C49H55N7O9S/c1-7-33-11-10-12-36(23-33)54-46-38-25-41(42(64-21-19-61-6)26-39(38)51-30-52-46)65-22-20-62-17-8-9-18-63-29-43(58)55-45(49(3,4)5)48(60)56-28-37(57)24-40(56)47(59)50-27-34-13-15-35(16-14-34)44-32(2)53-31-66-44/h1,10-16,23,25-26,30-31,37,40,45,57H,17-22,24,27-29H2,2-6H3,(H,50,59)(H,55,58)(H,51,52,54)/t37-,40-,45+/m0/s1. The number of β-amino-alcohol motifs (C(OH)–C–C–N with tert-alkyl or cyclic N) is 1. The summed E-state index contributed by atoms with van der Waals surface area (Å²) in [5, 5.41) is 20.3. The summed E-state index contributed by atoms with van der Waals surface area (Å²) in [6.45, 7) is 8.38. The van der Waals surface area contributed by atoms with Gasteiger partial charge in [0.05, 0.1) is 40.9 Å². The highest BCUT2D eigenvalue weighted by atomic mass is 32.1. The topological polar surface area (TPSA) is 196 Å². The number of aliphatic hydroxyl groups is 1. The number of carbonyl (C=O) groups excluding carboxylic acids is 3. The van der Waals surface area contributed by atoms with Crippen LogP contribution in [0.25, 0.3) is 21.3 Å². The van der Waals surface area contributed by atoms with Crippen molar-refractivity contribution >= 4 is 51.5 Å². The van der Waals surface area contributed by atoms with Gasteiger partial charge >= 0.3 is 0 Å². The van der Waals surface area contributed by atoms with Gasteiger partial charge in [-0.1, -0.05) is 68.9 Å². The van der Waals surface area contributed by atoms with Gasteiger partial charge in [-0.3, -0.25) is 14.4 Å². The molecule has 66 heavy (non-hydrogen) atoms. The fraction of sp³-hybridized carbons (Fsp3) is 0.388. The number of aryl methyl sites for hydroxylation is 1. The van der Waals surface area contributed by atoms with Crippen LogP contribution in [0.4, 0.5) is 11.5 Å². The van der Waals surface area contributed by atoms with Gasteiger partial charge in [0.2, 0.25) is 17.7 Å². The Kier molecular flexibility index (Phi) is 17.4. The molecule has 4 N–H and O–H groups in total. The maximum absolute atomic E-state index is 14.0. The minimum Gasteiger partial charge on any atom is -0.487 e. The zero-order valence-electron chi connectivity index (χ0n) is 37.7. The fourth-order valence-electron chi connectivity index (χ4n) is 7.06. The number of hydrogen-bond donors (Lipinski definition) is 4. The Morgan fingerprint density at radius 1 is 0.955 bits per heavy atom. The second-order valence-electron chi connectivity index (χ2n) is 16.4. The van der Waals surface area contributed by atoms with Crippen LogP contribution < -0.4 is 25.4 Å². The SMILES string of the molecule is C#Cc1cccc(Nc2ncnc3cc(OCCOC)c(OCCOCC#CCOCC(=O)N[C@H](C(=O)N4C[C@@H](O)C[C@H]4C(=O)NCc4ccc(-c5scnc5C)cc4)C(C)(C)C)cc23)c1. The molecule has 1 fully saturated rings. The van der Waals surface area contributed by atoms with Crippen LogP contribution in [0, 0.1) is 36.5 Å². The van der Waals surface area contributed by atoms with E-state index in [2.05, 4.69) is 48.7 Å². The molecule has 0 bridgehead atoms. The monoisotopic (exact) mass is 917 g/mol. The fourth-order valence-corrected chi connectivity index (χ4v) is 7.87. The number of terminal acetylenes is 1. The van der Waals surface area contributed by atoms with Gasteiger partial charge in [-0.2, -0.15) is 0 Å². The Labute approximate surface area is 388 Å². The minimum absolute atomic E-state index is 0.0330. The van der Waals surface area contributed by atoms with Crippen LogP contribution in [0.1, 0.15) is 44.0 Å². The van der Waals surface area contributed by atoms with E-state index in [1.54, 1.807) is 30.6 Å². The molecule has 0 saturated carbocycles. The van der Waals surface area contributed by atoms with Crippen LogP contribution in [0.5, 0.6) is 11.5 Å². The van der Waals surface area contributed by atoms with Gasteiger partial charge in [0.15, 0.2) is 11.5 Å². The normalized spacial score (nSPS) is 15.0. The van der Waals surface area contributed by atoms with Gasteiger partial charge in [-0.25, -0.2) is 15.0 Å². The summed E-state index contributed by atoms with van der Waals surface area (Å²) < 4.78 is 28.3. The van der Waals surface area contributed by atoms with Crippen molar-refractivity contribution in [1.29, 1.82) is 0 Å². The Hall–Kier alpha value is -6.60. The first-order valence-electron chi connectivity index (χ1n) is 21.4. The summed E-state index contributed by atoms with van der Waals surface area (Å²) >= 11 is 1.57. The molecule has 16 nitrogen and oxygen atoms in total. The summed E-state index contributed by atoms with van der Waals surface area (Å²) in [7, 11) is 1.59. The van der Waals surface area contributed by atoms with Gasteiger partial charge in [-0.05, 0) is 47.7 Å². The predicted molar refractivity (Wildman–Crippen MR) is 251 cm³/mol. The van der Waals surface area contributed by atoms with Crippen molar-refractivity contribution in [1.82, 2.24) is 30.5 Å². The Morgan fingerprint density at radius 3 is 2.41 bits per heavy atom. The van der Waals surface area contributed by atoms with Crippen LogP contribution in [-0.2, 0) is 35.1 Å². The maximum Gasteiger partial charge on any atom is 0.246 e. The highest BCUT2D eigenvalue weighted by Gasteiger charge is 2.44. The number of benzene rings is 3. The number of anilines is 2. The van der Waals surface area contributed by atoms with Crippen molar-refractivity contribution < 1.29 is 43.2 Å². The van der Waals surface area contributed by atoms with E-state index in [4.69, 9.17) is 30.1 Å². The molecule has 6 rings (SSSR count). The molecule has 3 atom stereocenters. The lowest BCUT2D eigenvalue weighted by atomic mass is 9.85. The number of nitrogens with one attached hydrogen (secondary N) is 3. The molecule has 1 aliphatic rings. The average Bonchev–Trinajstić information content (AvgIpc) is 3.92. The van der Waals surface area contributed by atoms with Crippen LogP contribution in [0.15, 0.2) is 72.5 Å². The van der Waals surface area contributed by atoms with Crippen molar-refractivity contribution in [2.24, 2.45) is 5.41 Å². The average molecular weight is 918 g/mol. The Balaban J connectivity index is 0.944. The third-order valence-electron chi connectivity index (χ3n) is 10.4. The number of thiazole rings is 1. The first-order valence-corrected chi connectivity index (χ1v) is 22.3. The lowest BCUT2D eigenvalue weighted by molar-refractivity contribution is -0.144. The molecule has 17 heteroatoms. The summed E-state index contributed by atoms with van der Waals surface area (Å²) in [5.41, 5.74) is 6.11. The largest absolute Gasteiger partial charge is 0.487 e. The molecular weight excluding hydrogens is 863 g/mol. The smallest absolute Gasteiger partial charge is 0.246 e. The van der Waals surface area contributed by atoms with E-state index in [0.717, 1.165) is 32.9 Å². The molecule has 0 unspecified atom stereocenters. The number of carbonyl (C=O) groups is 3. The van der Waals surface area contributed by atoms with Crippen LogP contribution in [-0.4, -0.2) is 121 Å². The zero-order valence-corrected chi connectivity index (χ0v) is 38.5. The van der Waals surface area contributed by atoms with Gasteiger partial charge < -0.3 is 49.6 Å². The van der Waals surface area contributed by atoms with Crippen molar-refractivity contribution in [2.45, 2.75) is 58.8 Å². The third kappa shape index (κ3) is 13.5. The number of methoxy groups -OCH3 is 1. The minimum atomic E-state index is -0.995. The Morgan fingerprint density at radius 2 is 1.70 bits per heavy atom. The molecule has 1 aliphatic heterocycles. The summed E-state index contributed by atoms with van der Waals surface area (Å²) in [6.07, 6.45) is 6.24. The third-order valence-corrected chi connectivity index (χ3v) is 11.4. The van der Waals surface area contributed by atoms with Gasteiger partial charge in [0.25, 0.3) is 0 Å². The second kappa shape index (κ2) is 23.5. The number of ether oxygens (including phenoxy) is 5. The molecule has 3 heterocycles. The number of fused-ring (bicyclic) bond motifs is 1. The zero-order chi connectivity index (χ0) is 47.1. The first-order chi connectivity index (χ1) is 31.8. The molecule has 0 aliphatic carbocycles. The molecule has 2 aromatic heterocycles.